The van der Waals surface area contributed by atoms with Crippen LogP contribution in [0.1, 0.15) is 12.8 Å². The zero-order chi connectivity index (χ0) is 14.8. The molecule has 1 atom stereocenters. The van der Waals surface area contributed by atoms with Crippen molar-refractivity contribution in [1.29, 1.82) is 0 Å². The van der Waals surface area contributed by atoms with Gasteiger partial charge < -0.3 is 5.32 Å². The fourth-order valence-corrected chi connectivity index (χ4v) is 5.08. The highest BCUT2D eigenvalue weighted by molar-refractivity contribution is 9.10. The average molecular weight is 382 g/mol. The number of nitrogens with one attached hydrogen (secondary N) is 1. The van der Waals surface area contributed by atoms with Gasteiger partial charge in [0, 0.05) is 17.6 Å². The molecule has 0 aromatic heterocycles. The summed E-state index contributed by atoms with van der Waals surface area (Å²) in [5.74, 6) is 0.356. The SMILES string of the molecule is CNCC1CCCN(S(=O)(=O)c2cc(Br)ccc2Cl)C1. The van der Waals surface area contributed by atoms with E-state index in [-0.39, 0.29) is 9.92 Å². The summed E-state index contributed by atoms with van der Waals surface area (Å²) in [6.45, 7) is 1.94. The van der Waals surface area contributed by atoms with Crippen molar-refractivity contribution in [3.63, 3.8) is 0 Å². The van der Waals surface area contributed by atoms with Gasteiger partial charge >= 0.3 is 0 Å². The molecule has 0 amide bonds. The summed E-state index contributed by atoms with van der Waals surface area (Å²) in [6, 6.07) is 4.91. The summed E-state index contributed by atoms with van der Waals surface area (Å²) < 4.78 is 27.7. The van der Waals surface area contributed by atoms with Gasteiger partial charge in [-0.05, 0) is 50.6 Å². The van der Waals surface area contributed by atoms with Crippen LogP contribution in [0.25, 0.3) is 0 Å². The van der Waals surface area contributed by atoms with Crippen molar-refractivity contribution >= 4 is 37.6 Å². The van der Waals surface area contributed by atoms with Gasteiger partial charge in [0.15, 0.2) is 0 Å². The summed E-state index contributed by atoms with van der Waals surface area (Å²) in [5.41, 5.74) is 0. The average Bonchev–Trinajstić information content (AvgIpc) is 2.42. The first-order valence-corrected chi connectivity index (χ1v) is 9.16. The number of nitrogens with zero attached hydrogens (tertiary/aromatic N) is 1. The van der Waals surface area contributed by atoms with E-state index in [0.29, 0.717) is 23.5 Å². The van der Waals surface area contributed by atoms with Crippen LogP contribution in [-0.4, -0.2) is 39.4 Å². The second-order valence-electron chi connectivity index (χ2n) is 5.00. The molecule has 0 bridgehead atoms. The molecule has 7 heteroatoms. The van der Waals surface area contributed by atoms with Gasteiger partial charge in [-0.2, -0.15) is 4.31 Å². The van der Waals surface area contributed by atoms with Gasteiger partial charge in [-0.1, -0.05) is 27.5 Å². The first-order valence-electron chi connectivity index (χ1n) is 6.55. The normalized spacial score (nSPS) is 21.1. The van der Waals surface area contributed by atoms with E-state index >= 15 is 0 Å². The molecule has 0 radical (unpaired) electrons. The van der Waals surface area contributed by atoms with E-state index in [1.54, 1.807) is 22.5 Å². The number of benzene rings is 1. The lowest BCUT2D eigenvalue weighted by Crippen LogP contribution is -2.42. The Morgan fingerprint density at radius 1 is 1.50 bits per heavy atom. The highest BCUT2D eigenvalue weighted by atomic mass is 79.9. The Morgan fingerprint density at radius 3 is 2.95 bits per heavy atom. The van der Waals surface area contributed by atoms with Gasteiger partial charge in [0.05, 0.1) is 5.02 Å². The predicted molar refractivity (Wildman–Crippen MR) is 84.6 cm³/mol. The lowest BCUT2D eigenvalue weighted by Gasteiger charge is -2.32. The molecule has 20 heavy (non-hydrogen) atoms. The maximum absolute atomic E-state index is 12.7. The van der Waals surface area contributed by atoms with E-state index in [0.717, 1.165) is 19.4 Å². The molecule has 2 rings (SSSR count). The second-order valence-corrected chi connectivity index (χ2v) is 8.23. The lowest BCUT2D eigenvalue weighted by atomic mass is 10.00. The summed E-state index contributed by atoms with van der Waals surface area (Å²) in [4.78, 5) is 0.179. The Bertz CT molecular complexity index is 578. The third-order valence-corrected chi connectivity index (χ3v) is 6.33. The third kappa shape index (κ3) is 3.54. The number of rotatable bonds is 4. The van der Waals surface area contributed by atoms with Crippen molar-refractivity contribution < 1.29 is 8.42 Å². The van der Waals surface area contributed by atoms with Crippen molar-refractivity contribution in [2.24, 2.45) is 5.92 Å². The van der Waals surface area contributed by atoms with Crippen LogP contribution in [0.3, 0.4) is 0 Å². The molecule has 1 unspecified atom stereocenters. The summed E-state index contributed by atoms with van der Waals surface area (Å²) >= 11 is 9.36. The quantitative estimate of drug-likeness (QED) is 0.872. The number of hydrogen-bond donors (Lipinski definition) is 1. The monoisotopic (exact) mass is 380 g/mol. The van der Waals surface area contributed by atoms with Crippen LogP contribution >= 0.6 is 27.5 Å². The zero-order valence-corrected chi connectivity index (χ0v) is 14.4. The van der Waals surface area contributed by atoms with Gasteiger partial charge in [-0.25, -0.2) is 8.42 Å². The summed E-state index contributed by atoms with van der Waals surface area (Å²) in [5, 5.41) is 3.38. The highest BCUT2D eigenvalue weighted by Gasteiger charge is 2.31. The molecule has 1 aromatic carbocycles. The molecule has 0 saturated carbocycles. The van der Waals surface area contributed by atoms with Crippen LogP contribution in [0.4, 0.5) is 0 Å². The molecule has 0 spiro atoms. The van der Waals surface area contributed by atoms with E-state index in [1.165, 1.54) is 0 Å². The van der Waals surface area contributed by atoms with Gasteiger partial charge in [0.2, 0.25) is 10.0 Å². The minimum atomic E-state index is -3.52. The lowest BCUT2D eigenvalue weighted by molar-refractivity contribution is 0.263. The van der Waals surface area contributed by atoms with Crippen molar-refractivity contribution in [3.05, 3.63) is 27.7 Å². The van der Waals surface area contributed by atoms with Crippen LogP contribution in [0, 0.1) is 5.92 Å². The van der Waals surface area contributed by atoms with Crippen LogP contribution in [0.2, 0.25) is 5.02 Å². The van der Waals surface area contributed by atoms with E-state index in [1.807, 2.05) is 7.05 Å². The molecule has 1 N–H and O–H groups in total. The van der Waals surface area contributed by atoms with Crippen molar-refractivity contribution in [1.82, 2.24) is 9.62 Å². The summed E-state index contributed by atoms with van der Waals surface area (Å²) in [6.07, 6.45) is 1.94. The molecular weight excluding hydrogens is 364 g/mol. The second kappa shape index (κ2) is 6.75. The number of piperidine rings is 1. The first kappa shape index (κ1) is 16.2. The van der Waals surface area contributed by atoms with E-state index in [4.69, 9.17) is 11.6 Å². The topological polar surface area (TPSA) is 49.4 Å². The van der Waals surface area contributed by atoms with E-state index in [2.05, 4.69) is 21.2 Å². The standard InChI is InChI=1S/C13H18BrClN2O2S/c1-16-8-10-3-2-6-17(9-10)20(18,19)13-7-11(14)4-5-12(13)15/h4-5,7,10,16H,2-3,6,8-9H2,1H3. The number of sulfonamides is 1. The van der Waals surface area contributed by atoms with Gasteiger partial charge in [-0.15, -0.1) is 0 Å². The molecule has 4 nitrogen and oxygen atoms in total. The van der Waals surface area contributed by atoms with Crippen LogP contribution in [-0.2, 0) is 10.0 Å². The van der Waals surface area contributed by atoms with Crippen LogP contribution < -0.4 is 5.32 Å². The fourth-order valence-electron chi connectivity index (χ4n) is 2.51. The van der Waals surface area contributed by atoms with Crippen molar-refractivity contribution in [3.8, 4) is 0 Å². The Balaban J connectivity index is 2.27. The van der Waals surface area contributed by atoms with Crippen LogP contribution in [0.15, 0.2) is 27.6 Å². The van der Waals surface area contributed by atoms with Crippen molar-refractivity contribution in [2.45, 2.75) is 17.7 Å². The Labute approximate surface area is 133 Å². The molecule has 112 valence electrons. The fraction of sp³-hybridized carbons (Fsp3) is 0.538. The smallest absolute Gasteiger partial charge is 0.244 e. The predicted octanol–water partition coefficient (Wildman–Crippen LogP) is 2.72. The third-order valence-electron chi connectivity index (χ3n) is 3.49. The highest BCUT2D eigenvalue weighted by Crippen LogP contribution is 2.30. The minimum Gasteiger partial charge on any atom is -0.319 e. The van der Waals surface area contributed by atoms with Crippen LogP contribution in [0.5, 0.6) is 0 Å². The first-order chi connectivity index (χ1) is 9.45. The van der Waals surface area contributed by atoms with Gasteiger partial charge in [0.1, 0.15) is 4.90 Å². The summed E-state index contributed by atoms with van der Waals surface area (Å²) in [7, 11) is -1.64. The van der Waals surface area contributed by atoms with E-state index < -0.39 is 10.0 Å². The number of halogens is 2. The van der Waals surface area contributed by atoms with Crippen molar-refractivity contribution in [2.75, 3.05) is 26.7 Å². The molecule has 0 aliphatic carbocycles. The zero-order valence-electron chi connectivity index (χ0n) is 11.3. The molecule has 1 saturated heterocycles. The Kier molecular flexibility index (Phi) is 5.48. The van der Waals surface area contributed by atoms with Gasteiger partial charge in [-0.3, -0.25) is 0 Å². The molecule has 1 heterocycles. The largest absolute Gasteiger partial charge is 0.319 e. The minimum absolute atomic E-state index is 0.179. The molecule has 1 aromatic rings. The van der Waals surface area contributed by atoms with Gasteiger partial charge in [0.25, 0.3) is 0 Å². The number of hydrogen-bond acceptors (Lipinski definition) is 3. The Morgan fingerprint density at radius 2 is 2.25 bits per heavy atom. The maximum atomic E-state index is 12.7. The van der Waals surface area contributed by atoms with E-state index in [9.17, 15) is 8.42 Å². The molecule has 1 aliphatic heterocycles. The molecule has 1 fully saturated rings. The Hall–Kier alpha value is -0.140. The molecular formula is C13H18BrClN2O2S. The molecule has 1 aliphatic rings. The maximum Gasteiger partial charge on any atom is 0.244 e.